The van der Waals surface area contributed by atoms with Crippen LogP contribution in [0.2, 0.25) is 0 Å². The maximum atomic E-state index is 13.2. The van der Waals surface area contributed by atoms with E-state index in [-0.39, 0.29) is 24.0 Å². The van der Waals surface area contributed by atoms with Crippen LogP contribution in [0.3, 0.4) is 0 Å². The predicted octanol–water partition coefficient (Wildman–Crippen LogP) is 3.30. The van der Waals surface area contributed by atoms with Crippen molar-refractivity contribution in [3.63, 3.8) is 0 Å². The summed E-state index contributed by atoms with van der Waals surface area (Å²) in [6.07, 6.45) is 8.46. The zero-order chi connectivity index (χ0) is 19.6. The Morgan fingerprint density at radius 2 is 2.13 bits per heavy atom. The van der Waals surface area contributed by atoms with Gasteiger partial charge in [-0.3, -0.25) is 4.79 Å². The number of hydrogen-bond donors (Lipinski definition) is 1. The van der Waals surface area contributed by atoms with Gasteiger partial charge in [0.1, 0.15) is 5.65 Å². The fourth-order valence-electron chi connectivity index (χ4n) is 3.91. The summed E-state index contributed by atoms with van der Waals surface area (Å²) in [5, 5.41) is 9.41. The zero-order valence-corrected chi connectivity index (χ0v) is 17.3. The zero-order valence-electron chi connectivity index (χ0n) is 16.5. The fourth-order valence-corrected chi connectivity index (χ4v) is 3.91. The third-order valence-electron chi connectivity index (χ3n) is 5.39. The molecule has 0 spiro atoms. The molecule has 0 radical (unpaired) electrons. The van der Waals surface area contributed by atoms with Crippen LogP contribution in [0.4, 0.5) is 5.69 Å². The summed E-state index contributed by atoms with van der Waals surface area (Å²) in [6, 6.07) is 12.0. The van der Waals surface area contributed by atoms with E-state index in [0.717, 1.165) is 41.9 Å². The third kappa shape index (κ3) is 4.04. The van der Waals surface area contributed by atoms with E-state index in [1.165, 1.54) is 4.68 Å². The van der Waals surface area contributed by atoms with Crippen molar-refractivity contribution in [3.8, 4) is 0 Å². The summed E-state index contributed by atoms with van der Waals surface area (Å²) >= 11 is 0. The highest BCUT2D eigenvalue weighted by atomic mass is 35.5. The molecule has 1 unspecified atom stereocenters. The van der Waals surface area contributed by atoms with Gasteiger partial charge in [0.2, 0.25) is 0 Å². The van der Waals surface area contributed by atoms with Gasteiger partial charge in [-0.1, -0.05) is 18.2 Å². The largest absolute Gasteiger partial charge is 0.379 e. The van der Waals surface area contributed by atoms with Crippen LogP contribution in [-0.2, 0) is 17.7 Å². The summed E-state index contributed by atoms with van der Waals surface area (Å²) in [4.78, 5) is 17.8. The number of hydrogen-bond acceptors (Lipinski definition) is 5. The van der Waals surface area contributed by atoms with E-state index in [9.17, 15) is 4.79 Å². The van der Waals surface area contributed by atoms with Crippen molar-refractivity contribution < 1.29 is 4.74 Å². The van der Waals surface area contributed by atoms with Gasteiger partial charge in [-0.15, -0.1) is 12.4 Å². The van der Waals surface area contributed by atoms with E-state index in [1.54, 1.807) is 6.20 Å². The van der Waals surface area contributed by atoms with Crippen LogP contribution in [0.5, 0.6) is 0 Å². The third-order valence-corrected chi connectivity index (χ3v) is 5.39. The number of rotatable bonds is 5. The van der Waals surface area contributed by atoms with Crippen LogP contribution in [0.1, 0.15) is 18.5 Å². The molecule has 30 heavy (non-hydrogen) atoms. The minimum Gasteiger partial charge on any atom is -0.379 e. The number of nitrogens with zero attached hydrogens (tertiary/aromatic N) is 4. The number of benzene rings is 1. The van der Waals surface area contributed by atoms with E-state index in [2.05, 4.69) is 15.4 Å². The topological polar surface area (TPSA) is 73.5 Å². The second-order valence-corrected chi connectivity index (χ2v) is 7.45. The molecule has 0 bridgehead atoms. The maximum absolute atomic E-state index is 13.2. The summed E-state index contributed by atoms with van der Waals surface area (Å²) in [5.74, 6) is 0. The molecule has 1 fully saturated rings. The number of fused-ring (bicyclic) bond motifs is 2. The quantitative estimate of drug-likeness (QED) is 0.531. The van der Waals surface area contributed by atoms with Crippen molar-refractivity contribution >= 4 is 34.5 Å². The summed E-state index contributed by atoms with van der Waals surface area (Å²) in [6.45, 7) is 1.97. The van der Waals surface area contributed by atoms with Crippen molar-refractivity contribution in [2.24, 2.45) is 0 Å². The molecule has 0 saturated carbocycles. The molecule has 1 N–H and O–H groups in total. The first-order chi connectivity index (χ1) is 14.3. The number of aryl methyl sites for hydroxylation is 2. The molecule has 7 nitrogen and oxygen atoms in total. The van der Waals surface area contributed by atoms with Crippen molar-refractivity contribution in [1.82, 2.24) is 19.2 Å². The molecule has 3 aromatic heterocycles. The van der Waals surface area contributed by atoms with Crippen molar-refractivity contribution in [2.45, 2.75) is 31.8 Å². The van der Waals surface area contributed by atoms with Crippen molar-refractivity contribution in [1.29, 1.82) is 0 Å². The number of ether oxygens (including phenoxy) is 1. The lowest BCUT2D eigenvalue weighted by molar-refractivity contribution is 0.0876. The van der Waals surface area contributed by atoms with E-state index in [0.29, 0.717) is 25.0 Å². The molecule has 0 aliphatic carbocycles. The molecule has 0 amide bonds. The van der Waals surface area contributed by atoms with Gasteiger partial charge >= 0.3 is 0 Å². The molecular weight excluding hydrogens is 402 g/mol. The first kappa shape index (κ1) is 20.4. The van der Waals surface area contributed by atoms with Crippen LogP contribution in [0.15, 0.2) is 59.8 Å². The first-order valence-electron chi connectivity index (χ1n) is 10.0. The molecule has 1 aromatic carbocycles. The van der Waals surface area contributed by atoms with Gasteiger partial charge in [0.05, 0.1) is 30.4 Å². The molecule has 4 heterocycles. The van der Waals surface area contributed by atoms with Gasteiger partial charge in [0, 0.05) is 42.5 Å². The Kier molecular flexibility index (Phi) is 6.01. The smallest absolute Gasteiger partial charge is 0.276 e. The molecule has 156 valence electrons. The minimum atomic E-state index is -0.0777. The molecule has 1 saturated heterocycles. The number of pyridine rings is 1. The molecule has 5 rings (SSSR count). The highest BCUT2D eigenvalue weighted by Gasteiger charge is 2.16. The van der Waals surface area contributed by atoms with E-state index < -0.39 is 0 Å². The lowest BCUT2D eigenvalue weighted by Crippen LogP contribution is -2.31. The minimum absolute atomic E-state index is 0. The molecule has 1 aliphatic heterocycles. The van der Waals surface area contributed by atoms with E-state index in [1.807, 2.05) is 53.2 Å². The Hall–Kier alpha value is -2.90. The van der Waals surface area contributed by atoms with Gasteiger partial charge < -0.3 is 14.5 Å². The Labute approximate surface area is 180 Å². The van der Waals surface area contributed by atoms with Crippen LogP contribution in [0.25, 0.3) is 16.4 Å². The van der Waals surface area contributed by atoms with Gasteiger partial charge in [-0.25, -0.2) is 9.67 Å². The summed E-state index contributed by atoms with van der Waals surface area (Å²) in [7, 11) is 0. The first-order valence-corrected chi connectivity index (χ1v) is 10.0. The van der Waals surface area contributed by atoms with Gasteiger partial charge in [-0.2, -0.15) is 5.10 Å². The Morgan fingerprint density at radius 3 is 2.97 bits per heavy atom. The summed E-state index contributed by atoms with van der Waals surface area (Å²) < 4.78 is 9.09. The predicted molar refractivity (Wildman–Crippen MR) is 120 cm³/mol. The van der Waals surface area contributed by atoms with Crippen LogP contribution >= 0.6 is 12.4 Å². The lowest BCUT2D eigenvalue weighted by Gasteiger charge is -2.24. The van der Waals surface area contributed by atoms with Gasteiger partial charge in [0.15, 0.2) is 0 Å². The van der Waals surface area contributed by atoms with Crippen LogP contribution in [0, 0.1) is 0 Å². The monoisotopic (exact) mass is 425 g/mol. The number of imidazole rings is 1. The van der Waals surface area contributed by atoms with Gasteiger partial charge in [0.25, 0.3) is 5.56 Å². The lowest BCUT2D eigenvalue weighted by atomic mass is 10.1. The number of aromatic nitrogens is 4. The van der Waals surface area contributed by atoms with E-state index >= 15 is 0 Å². The molecule has 1 aliphatic rings. The van der Waals surface area contributed by atoms with E-state index in [4.69, 9.17) is 4.74 Å². The second-order valence-electron chi connectivity index (χ2n) is 7.45. The van der Waals surface area contributed by atoms with Crippen LogP contribution in [-0.4, -0.2) is 38.4 Å². The highest BCUT2D eigenvalue weighted by Crippen LogP contribution is 2.22. The molecule has 8 heteroatoms. The Bertz CT molecular complexity index is 1180. The van der Waals surface area contributed by atoms with Gasteiger partial charge in [-0.05, 0) is 31.0 Å². The normalized spacial score (nSPS) is 16.5. The number of anilines is 1. The Balaban J connectivity index is 0.00000218. The fraction of sp³-hybridized carbons (Fsp3) is 0.318. The summed E-state index contributed by atoms with van der Waals surface area (Å²) in [5.41, 5.74) is 2.62. The average Bonchev–Trinajstić information content (AvgIpc) is 3.17. The standard InChI is InChI=1S/C22H23N5O2.ClH/c28-22-21-16(5-3-7-19(21)24-18-6-4-12-29-15-18)13-23-27(22)11-9-17-14-26-10-2-1-8-20(26)25-17;/h1-3,5,7-8,10,13-14,18,24H,4,6,9,11-12,15H2;1H. The van der Waals surface area contributed by atoms with Crippen molar-refractivity contribution in [2.75, 3.05) is 18.5 Å². The SMILES string of the molecule is Cl.O=c1c2c(NC3CCCOC3)cccc2cnn1CCc1cn2ccccc2n1. The number of halogens is 1. The molecular formula is C22H24ClN5O2. The average molecular weight is 426 g/mol. The Morgan fingerprint density at radius 1 is 1.20 bits per heavy atom. The highest BCUT2D eigenvalue weighted by molar-refractivity contribution is 5.92. The molecule has 4 aromatic rings. The maximum Gasteiger partial charge on any atom is 0.276 e. The number of nitrogens with one attached hydrogen (secondary N) is 1. The second kappa shape index (κ2) is 8.85. The molecule has 1 atom stereocenters. The van der Waals surface area contributed by atoms with Crippen molar-refractivity contribution in [3.05, 3.63) is 71.0 Å². The van der Waals surface area contributed by atoms with Crippen LogP contribution < -0.4 is 10.9 Å².